The molecule has 0 bridgehead atoms. The van der Waals surface area contributed by atoms with Crippen LogP contribution >= 0.6 is 11.6 Å². The monoisotopic (exact) mass is 473 g/mol. The molecule has 0 spiro atoms. The van der Waals surface area contributed by atoms with Gasteiger partial charge in [-0.3, -0.25) is 9.36 Å². The minimum absolute atomic E-state index is 0.212. The molecule has 11 heteroatoms. The molecule has 0 aliphatic rings. The molecule has 1 atom stereocenters. The number of aryl methyl sites for hydroxylation is 1. The second-order valence-corrected chi connectivity index (χ2v) is 8.11. The van der Waals surface area contributed by atoms with Crippen molar-refractivity contribution in [3.05, 3.63) is 82.0 Å². The molecular formula is C23H20ClN9O. The summed E-state index contributed by atoms with van der Waals surface area (Å²) in [7, 11) is 1.66. The van der Waals surface area contributed by atoms with E-state index in [0.29, 0.717) is 33.3 Å². The van der Waals surface area contributed by atoms with Gasteiger partial charge in [-0.1, -0.05) is 41.9 Å². The molecular weight excluding hydrogens is 454 g/mol. The highest BCUT2D eigenvalue weighted by molar-refractivity contribution is 6.35. The van der Waals surface area contributed by atoms with E-state index in [-0.39, 0.29) is 17.4 Å². The molecule has 3 N–H and O–H groups in total. The maximum atomic E-state index is 13.6. The number of nitrogen functional groups attached to an aromatic ring is 1. The van der Waals surface area contributed by atoms with E-state index in [4.69, 9.17) is 17.3 Å². The zero-order valence-electron chi connectivity index (χ0n) is 18.3. The smallest absolute Gasteiger partial charge is 0.264 e. The summed E-state index contributed by atoms with van der Waals surface area (Å²) in [6.07, 6.45) is 1.36. The normalized spacial score (nSPS) is 12.1. The van der Waals surface area contributed by atoms with E-state index in [1.54, 1.807) is 17.7 Å². The molecule has 0 saturated heterocycles. The second kappa shape index (κ2) is 8.56. The standard InChI is InChI=1S/C23H20ClN9O/c1-13(28-21-19(20(25)26-12-27-21)22-29-31-32(2)30-22)17-11-14-7-6-10-16(24)18(14)23(34)33(17)15-8-4-3-5-9-15/h3-13H,1-2H3,(H3,25,26,27,28). The van der Waals surface area contributed by atoms with Gasteiger partial charge < -0.3 is 11.1 Å². The number of halogens is 1. The number of tetrazole rings is 1. The number of benzene rings is 2. The van der Waals surface area contributed by atoms with Crippen LogP contribution in [0.5, 0.6) is 0 Å². The number of fused-ring (bicyclic) bond motifs is 1. The summed E-state index contributed by atoms with van der Waals surface area (Å²) < 4.78 is 1.65. The van der Waals surface area contributed by atoms with Gasteiger partial charge in [0.15, 0.2) is 0 Å². The van der Waals surface area contributed by atoms with Gasteiger partial charge in [0.05, 0.1) is 23.5 Å². The van der Waals surface area contributed by atoms with Crippen LogP contribution in [0.25, 0.3) is 27.8 Å². The summed E-state index contributed by atoms with van der Waals surface area (Å²) >= 11 is 6.41. The lowest BCUT2D eigenvalue weighted by Gasteiger charge is -2.22. The van der Waals surface area contributed by atoms with E-state index >= 15 is 0 Å². The lowest BCUT2D eigenvalue weighted by atomic mass is 10.1. The molecule has 3 heterocycles. The number of aromatic nitrogens is 7. The predicted molar refractivity (Wildman–Crippen MR) is 131 cm³/mol. The lowest BCUT2D eigenvalue weighted by Crippen LogP contribution is -2.26. The Morgan fingerprint density at radius 3 is 2.62 bits per heavy atom. The van der Waals surface area contributed by atoms with Crippen LogP contribution in [-0.2, 0) is 7.05 Å². The van der Waals surface area contributed by atoms with E-state index in [0.717, 1.165) is 11.1 Å². The van der Waals surface area contributed by atoms with Gasteiger partial charge in [-0.05, 0) is 41.8 Å². The molecule has 34 heavy (non-hydrogen) atoms. The van der Waals surface area contributed by atoms with Crippen LogP contribution in [0, 0.1) is 0 Å². The van der Waals surface area contributed by atoms with Crippen molar-refractivity contribution >= 4 is 34.0 Å². The van der Waals surface area contributed by atoms with Crippen molar-refractivity contribution in [1.82, 2.24) is 34.7 Å². The van der Waals surface area contributed by atoms with Crippen molar-refractivity contribution in [1.29, 1.82) is 0 Å². The van der Waals surface area contributed by atoms with Crippen LogP contribution in [0.4, 0.5) is 11.6 Å². The molecule has 0 amide bonds. The molecule has 0 saturated carbocycles. The third-order valence-electron chi connectivity index (χ3n) is 5.44. The summed E-state index contributed by atoms with van der Waals surface area (Å²) in [5.41, 5.74) is 7.78. The highest BCUT2D eigenvalue weighted by Crippen LogP contribution is 2.31. The lowest BCUT2D eigenvalue weighted by molar-refractivity contribution is 0.630. The maximum absolute atomic E-state index is 13.6. The molecule has 5 rings (SSSR count). The van der Waals surface area contributed by atoms with Crippen molar-refractivity contribution in [3.63, 3.8) is 0 Å². The SMILES string of the molecule is CC(Nc1ncnc(N)c1-c1nnn(C)n1)c1cc2cccc(Cl)c2c(=O)n1-c1ccccc1. The Labute approximate surface area is 199 Å². The summed E-state index contributed by atoms with van der Waals surface area (Å²) in [5, 5.41) is 17.1. The number of nitrogens with one attached hydrogen (secondary N) is 1. The zero-order chi connectivity index (χ0) is 23.8. The Kier molecular flexibility index (Phi) is 5.42. The molecule has 5 aromatic rings. The fourth-order valence-electron chi connectivity index (χ4n) is 3.89. The number of anilines is 2. The topological polar surface area (TPSA) is 129 Å². The van der Waals surface area contributed by atoms with Crippen molar-refractivity contribution in [2.45, 2.75) is 13.0 Å². The Bertz CT molecular complexity index is 1560. The minimum Gasteiger partial charge on any atom is -0.383 e. The zero-order valence-corrected chi connectivity index (χ0v) is 19.1. The number of para-hydroxylation sites is 1. The van der Waals surface area contributed by atoms with Crippen LogP contribution in [-0.4, -0.2) is 34.7 Å². The van der Waals surface area contributed by atoms with E-state index in [9.17, 15) is 4.79 Å². The van der Waals surface area contributed by atoms with Crippen molar-refractivity contribution in [2.24, 2.45) is 7.05 Å². The van der Waals surface area contributed by atoms with Crippen LogP contribution in [0.3, 0.4) is 0 Å². The van der Waals surface area contributed by atoms with Gasteiger partial charge in [0.2, 0.25) is 5.82 Å². The van der Waals surface area contributed by atoms with Gasteiger partial charge in [0.25, 0.3) is 5.56 Å². The minimum atomic E-state index is -0.374. The number of rotatable bonds is 5. The fraction of sp³-hybridized carbons (Fsp3) is 0.130. The average Bonchev–Trinajstić information content (AvgIpc) is 3.25. The number of pyridine rings is 1. The first kappa shape index (κ1) is 21.5. The fourth-order valence-corrected chi connectivity index (χ4v) is 4.16. The predicted octanol–water partition coefficient (Wildman–Crippen LogP) is 3.38. The van der Waals surface area contributed by atoms with Crippen molar-refractivity contribution in [2.75, 3.05) is 11.1 Å². The summed E-state index contributed by atoms with van der Waals surface area (Å²) in [6.45, 7) is 1.93. The van der Waals surface area contributed by atoms with Gasteiger partial charge >= 0.3 is 0 Å². The molecule has 10 nitrogen and oxygen atoms in total. The van der Waals surface area contributed by atoms with E-state index in [2.05, 4.69) is 30.7 Å². The number of nitrogens with zero attached hydrogens (tertiary/aromatic N) is 7. The first-order valence-electron chi connectivity index (χ1n) is 10.4. The Morgan fingerprint density at radius 1 is 1.09 bits per heavy atom. The first-order chi connectivity index (χ1) is 16.4. The Hall–Kier alpha value is -4.31. The van der Waals surface area contributed by atoms with Gasteiger partial charge in [0.1, 0.15) is 23.5 Å². The summed E-state index contributed by atoms with van der Waals surface area (Å²) in [6, 6.07) is 16.4. The Balaban J connectivity index is 1.68. The van der Waals surface area contributed by atoms with Crippen molar-refractivity contribution < 1.29 is 0 Å². The third kappa shape index (κ3) is 3.73. The van der Waals surface area contributed by atoms with Gasteiger partial charge in [-0.2, -0.15) is 4.80 Å². The molecule has 0 radical (unpaired) electrons. The highest BCUT2D eigenvalue weighted by Gasteiger charge is 2.22. The van der Waals surface area contributed by atoms with Crippen LogP contribution in [0.1, 0.15) is 18.7 Å². The largest absolute Gasteiger partial charge is 0.383 e. The molecule has 0 aliphatic carbocycles. The average molecular weight is 474 g/mol. The molecule has 170 valence electrons. The number of nitrogens with two attached hydrogens (primary N) is 1. The summed E-state index contributed by atoms with van der Waals surface area (Å²) in [4.78, 5) is 23.4. The Morgan fingerprint density at radius 2 is 1.88 bits per heavy atom. The van der Waals surface area contributed by atoms with Gasteiger partial charge in [-0.25, -0.2) is 9.97 Å². The van der Waals surface area contributed by atoms with E-state index < -0.39 is 0 Å². The highest BCUT2D eigenvalue weighted by atomic mass is 35.5. The van der Waals surface area contributed by atoms with Gasteiger partial charge in [0, 0.05) is 11.4 Å². The first-order valence-corrected chi connectivity index (χ1v) is 10.8. The third-order valence-corrected chi connectivity index (χ3v) is 5.76. The molecule has 0 fully saturated rings. The number of hydrogen-bond acceptors (Lipinski definition) is 8. The number of hydrogen-bond donors (Lipinski definition) is 2. The van der Waals surface area contributed by atoms with Gasteiger partial charge in [-0.15, -0.1) is 10.2 Å². The van der Waals surface area contributed by atoms with Crippen LogP contribution < -0.4 is 16.6 Å². The molecule has 3 aromatic heterocycles. The van der Waals surface area contributed by atoms with Crippen LogP contribution in [0.2, 0.25) is 5.02 Å². The van der Waals surface area contributed by atoms with Crippen LogP contribution in [0.15, 0.2) is 65.7 Å². The summed E-state index contributed by atoms with van der Waals surface area (Å²) in [5.74, 6) is 0.927. The molecule has 2 aromatic carbocycles. The quantitative estimate of drug-likeness (QED) is 0.397. The maximum Gasteiger partial charge on any atom is 0.264 e. The second-order valence-electron chi connectivity index (χ2n) is 7.70. The van der Waals surface area contributed by atoms with E-state index in [1.807, 2.05) is 55.5 Å². The molecule has 0 aliphatic heterocycles. The van der Waals surface area contributed by atoms with E-state index in [1.165, 1.54) is 11.1 Å². The van der Waals surface area contributed by atoms with Crippen molar-refractivity contribution in [3.8, 4) is 17.1 Å². The molecule has 1 unspecified atom stereocenters.